The molecule has 1 atom stereocenters. The molecule has 48 heavy (non-hydrogen) atoms. The van der Waals surface area contributed by atoms with E-state index in [-0.39, 0.29) is 37.2 Å². The number of rotatable bonds is 16. The SMILES string of the molecule is C[Si](C)(C)CCOCn1cc(OCc2ccccc2)c(=O)c(-c2ncnn2CC(CS(=O)(=O)O)C(c2ccccc2)c2ccccc2)n1. The minimum Gasteiger partial charge on any atom is -0.483 e. The fourth-order valence-electron chi connectivity index (χ4n) is 5.49. The standard InChI is InChI=1S/C35H41N5O6SSi/c1-48(2,3)20-19-45-26-39-22-31(46-23-27-13-7-4-8-14-27)34(41)33(38-39)35-36-25-37-40(35)21-30(24-47(42,43)44)32(28-15-9-5-10-16-28)29-17-11-6-12-18-29/h4-18,22,25,30,32H,19-21,23-24,26H2,1-3H3,(H,42,43,44). The van der Waals surface area contributed by atoms with Crippen molar-refractivity contribution in [2.45, 2.75) is 51.5 Å². The summed E-state index contributed by atoms with van der Waals surface area (Å²) in [7, 11) is -5.75. The highest BCUT2D eigenvalue weighted by Crippen LogP contribution is 2.34. The molecule has 0 spiro atoms. The molecule has 1 unspecified atom stereocenters. The molecule has 0 aliphatic rings. The molecule has 11 nitrogen and oxygen atoms in total. The van der Waals surface area contributed by atoms with Crippen molar-refractivity contribution in [1.82, 2.24) is 24.5 Å². The number of ether oxygens (including phenoxy) is 2. The highest BCUT2D eigenvalue weighted by molar-refractivity contribution is 7.85. The lowest BCUT2D eigenvalue weighted by atomic mass is 9.81. The molecular formula is C35H41N5O6SSi. The summed E-state index contributed by atoms with van der Waals surface area (Å²) in [4.78, 5) is 18.3. The molecule has 0 bridgehead atoms. The van der Waals surface area contributed by atoms with Gasteiger partial charge in [0.25, 0.3) is 15.5 Å². The first-order valence-corrected chi connectivity index (χ1v) is 21.1. The van der Waals surface area contributed by atoms with Gasteiger partial charge in [-0.1, -0.05) is 111 Å². The van der Waals surface area contributed by atoms with Crippen LogP contribution in [0.1, 0.15) is 22.6 Å². The predicted octanol–water partition coefficient (Wildman–Crippen LogP) is 5.73. The van der Waals surface area contributed by atoms with Gasteiger partial charge in [-0.05, 0) is 22.7 Å². The van der Waals surface area contributed by atoms with E-state index in [0.29, 0.717) is 6.61 Å². The van der Waals surface area contributed by atoms with Crippen molar-refractivity contribution in [3.05, 3.63) is 130 Å². The summed E-state index contributed by atoms with van der Waals surface area (Å²) in [5.74, 6) is -1.48. The van der Waals surface area contributed by atoms with Crippen LogP contribution in [0.5, 0.6) is 5.75 Å². The lowest BCUT2D eigenvalue weighted by Gasteiger charge is -2.28. The van der Waals surface area contributed by atoms with Crippen LogP contribution < -0.4 is 10.2 Å². The predicted molar refractivity (Wildman–Crippen MR) is 187 cm³/mol. The molecule has 0 saturated heterocycles. The molecule has 2 heterocycles. The number of nitrogens with zero attached hydrogens (tertiary/aromatic N) is 5. The van der Waals surface area contributed by atoms with E-state index in [1.165, 1.54) is 21.9 Å². The highest BCUT2D eigenvalue weighted by Gasteiger charge is 2.31. The van der Waals surface area contributed by atoms with Gasteiger partial charge in [0.1, 0.15) is 19.7 Å². The van der Waals surface area contributed by atoms with Gasteiger partial charge >= 0.3 is 0 Å². The Balaban J connectivity index is 1.53. The zero-order chi connectivity index (χ0) is 34.1. The summed E-state index contributed by atoms with van der Waals surface area (Å²) in [5, 5.41) is 8.99. The molecule has 1 N–H and O–H groups in total. The Morgan fingerprint density at radius 2 is 1.50 bits per heavy atom. The second kappa shape index (κ2) is 15.6. The summed E-state index contributed by atoms with van der Waals surface area (Å²) in [6, 6.07) is 29.5. The third-order valence-corrected chi connectivity index (χ3v) is 10.4. The molecule has 3 aromatic carbocycles. The minimum atomic E-state index is -4.42. The Bertz CT molecular complexity index is 1890. The van der Waals surface area contributed by atoms with E-state index >= 15 is 0 Å². The molecule has 0 saturated carbocycles. The number of benzene rings is 3. The van der Waals surface area contributed by atoms with Crippen molar-refractivity contribution in [2.24, 2.45) is 5.92 Å². The van der Waals surface area contributed by atoms with Crippen LogP contribution in [0, 0.1) is 5.92 Å². The average Bonchev–Trinajstić information content (AvgIpc) is 3.51. The van der Waals surface area contributed by atoms with Crippen LogP contribution in [0.2, 0.25) is 25.7 Å². The van der Waals surface area contributed by atoms with Gasteiger partial charge < -0.3 is 9.47 Å². The van der Waals surface area contributed by atoms with Crippen LogP contribution in [0.25, 0.3) is 11.5 Å². The van der Waals surface area contributed by atoms with Gasteiger partial charge in [-0.25, -0.2) is 14.3 Å². The van der Waals surface area contributed by atoms with Crippen LogP contribution in [-0.4, -0.2) is 57.9 Å². The molecule has 5 aromatic rings. The van der Waals surface area contributed by atoms with Gasteiger partial charge in [0.05, 0.1) is 11.9 Å². The Hall–Kier alpha value is -4.43. The van der Waals surface area contributed by atoms with Gasteiger partial charge in [0.2, 0.25) is 0 Å². The van der Waals surface area contributed by atoms with Crippen LogP contribution >= 0.6 is 0 Å². The van der Waals surface area contributed by atoms with Crippen LogP contribution in [0.4, 0.5) is 0 Å². The number of aromatic nitrogens is 5. The van der Waals surface area contributed by atoms with Gasteiger partial charge in [0.15, 0.2) is 17.3 Å². The molecule has 13 heteroatoms. The average molecular weight is 688 g/mol. The Morgan fingerprint density at radius 1 is 0.896 bits per heavy atom. The molecule has 0 fully saturated rings. The smallest absolute Gasteiger partial charge is 0.265 e. The largest absolute Gasteiger partial charge is 0.483 e. The van der Waals surface area contributed by atoms with Crippen molar-refractivity contribution >= 4 is 18.2 Å². The summed E-state index contributed by atoms with van der Waals surface area (Å²) in [6.07, 6.45) is 2.82. The maximum Gasteiger partial charge on any atom is 0.265 e. The Labute approximate surface area is 282 Å². The Morgan fingerprint density at radius 3 is 2.08 bits per heavy atom. The zero-order valence-electron chi connectivity index (χ0n) is 27.3. The van der Waals surface area contributed by atoms with Crippen molar-refractivity contribution < 1.29 is 22.4 Å². The second-order valence-electron chi connectivity index (χ2n) is 12.9. The molecular weight excluding hydrogens is 647 g/mol. The van der Waals surface area contributed by atoms with E-state index in [2.05, 4.69) is 34.8 Å². The quantitative estimate of drug-likeness (QED) is 0.0783. The van der Waals surface area contributed by atoms with Crippen LogP contribution in [0.3, 0.4) is 0 Å². The van der Waals surface area contributed by atoms with Gasteiger partial charge in [-0.15, -0.1) is 0 Å². The minimum absolute atomic E-state index is 0.00646. The summed E-state index contributed by atoms with van der Waals surface area (Å²) >= 11 is 0. The molecule has 0 aliphatic heterocycles. The lowest BCUT2D eigenvalue weighted by Crippen LogP contribution is -2.29. The first-order chi connectivity index (χ1) is 23.0. The van der Waals surface area contributed by atoms with E-state index in [4.69, 9.17) is 9.47 Å². The zero-order valence-corrected chi connectivity index (χ0v) is 29.2. The molecule has 5 rings (SSSR count). The molecule has 0 amide bonds. The van der Waals surface area contributed by atoms with E-state index in [1.807, 2.05) is 91.0 Å². The van der Waals surface area contributed by atoms with Gasteiger partial charge in [0, 0.05) is 33.1 Å². The fraction of sp³-hybridized carbons (Fsp3) is 0.314. The topological polar surface area (TPSA) is 138 Å². The van der Waals surface area contributed by atoms with E-state index in [1.54, 1.807) is 0 Å². The summed E-state index contributed by atoms with van der Waals surface area (Å²) in [6.45, 7) is 7.61. The summed E-state index contributed by atoms with van der Waals surface area (Å²) in [5.41, 5.74) is 2.11. The third-order valence-electron chi connectivity index (χ3n) is 7.84. The van der Waals surface area contributed by atoms with E-state index in [0.717, 1.165) is 22.7 Å². The van der Waals surface area contributed by atoms with Crippen molar-refractivity contribution in [2.75, 3.05) is 12.4 Å². The lowest BCUT2D eigenvalue weighted by molar-refractivity contribution is 0.0766. The monoisotopic (exact) mass is 687 g/mol. The molecule has 2 aromatic heterocycles. The number of hydrogen-bond acceptors (Lipinski definition) is 8. The molecule has 0 radical (unpaired) electrons. The molecule has 0 aliphatic carbocycles. The second-order valence-corrected chi connectivity index (χ2v) is 20.0. The van der Waals surface area contributed by atoms with Gasteiger partial charge in [-0.2, -0.15) is 18.6 Å². The normalized spacial score (nSPS) is 12.7. The first-order valence-electron chi connectivity index (χ1n) is 15.8. The van der Waals surface area contributed by atoms with Gasteiger partial charge in [-0.3, -0.25) is 9.35 Å². The fourth-order valence-corrected chi connectivity index (χ4v) is 7.08. The Kier molecular flexibility index (Phi) is 11.4. The third kappa shape index (κ3) is 9.80. The first kappa shape index (κ1) is 34.9. The van der Waals surface area contributed by atoms with Crippen molar-refractivity contribution in [1.29, 1.82) is 0 Å². The molecule has 252 valence electrons. The van der Waals surface area contributed by atoms with Crippen molar-refractivity contribution in [3.8, 4) is 17.3 Å². The van der Waals surface area contributed by atoms with Crippen LogP contribution in [0.15, 0.2) is 108 Å². The van der Waals surface area contributed by atoms with E-state index < -0.39 is 41.2 Å². The highest BCUT2D eigenvalue weighted by atomic mass is 32.2. The van der Waals surface area contributed by atoms with Crippen LogP contribution in [-0.2, 0) is 34.7 Å². The van der Waals surface area contributed by atoms with Crippen molar-refractivity contribution in [3.63, 3.8) is 0 Å². The number of hydrogen-bond donors (Lipinski definition) is 1. The van der Waals surface area contributed by atoms with E-state index in [9.17, 15) is 17.8 Å². The maximum absolute atomic E-state index is 13.9. The maximum atomic E-state index is 13.9. The summed E-state index contributed by atoms with van der Waals surface area (Å²) < 4.78 is 49.9.